The van der Waals surface area contributed by atoms with Crippen LogP contribution in [0, 0.1) is 17.8 Å². The molecule has 0 aromatic heterocycles. The second-order valence-corrected chi connectivity index (χ2v) is 15.6. The number of carbonyl (C=O) groups excluding carboxylic acids is 3. The predicted molar refractivity (Wildman–Crippen MR) is 192 cm³/mol. The Labute approximate surface area is 299 Å². The highest BCUT2D eigenvalue weighted by molar-refractivity contribution is 5.70. The van der Waals surface area contributed by atoms with E-state index in [1.165, 1.54) is 38.5 Å². The van der Waals surface area contributed by atoms with Gasteiger partial charge in [-0.25, -0.2) is 9.59 Å². The molecule has 11 heteroatoms. The molecule has 0 spiro atoms. The van der Waals surface area contributed by atoms with Crippen LogP contribution in [0.1, 0.15) is 98.8 Å². The third kappa shape index (κ3) is 12.1. The van der Waals surface area contributed by atoms with E-state index in [2.05, 4.69) is 11.8 Å². The minimum Gasteiger partial charge on any atom is -0.457 e. The van der Waals surface area contributed by atoms with Crippen LogP contribution in [0.4, 0.5) is 9.59 Å². The molecule has 7 atom stereocenters. The van der Waals surface area contributed by atoms with Crippen molar-refractivity contribution in [3.8, 4) is 0 Å². The van der Waals surface area contributed by atoms with Gasteiger partial charge in [0.1, 0.15) is 11.7 Å². The van der Waals surface area contributed by atoms with Crippen LogP contribution in [-0.4, -0.2) is 119 Å². The molecule has 2 amide bonds. The SMILES string of the molecule is C/C(=C\C=C\[C@@H](C)COC(=O)N1CC[C@@H](C)C1)[C@H]1OC(=O)C[C@@H](O)CC[C@](C)(O)[C@@H](OC(=O)N2CCN(C3CCCCCC3)CC2)/C=C\[C@@H]1C. The molecule has 1 aliphatic carbocycles. The molecule has 11 nitrogen and oxygen atoms in total. The lowest BCUT2D eigenvalue weighted by Crippen LogP contribution is -2.53. The van der Waals surface area contributed by atoms with Crippen molar-refractivity contribution in [3.63, 3.8) is 0 Å². The number of cyclic esters (lactones) is 1. The largest absolute Gasteiger partial charge is 0.457 e. The second kappa shape index (κ2) is 19.1. The summed E-state index contributed by atoms with van der Waals surface area (Å²) >= 11 is 0. The van der Waals surface area contributed by atoms with Crippen molar-refractivity contribution in [2.75, 3.05) is 45.9 Å². The van der Waals surface area contributed by atoms with Gasteiger partial charge in [0.2, 0.25) is 0 Å². The number of carbonyl (C=O) groups is 3. The van der Waals surface area contributed by atoms with Crippen molar-refractivity contribution in [2.24, 2.45) is 17.8 Å². The maximum atomic E-state index is 13.4. The standard InChI is InChI=1S/C39H63N3O8/c1-28-18-20-42(26-28)37(45)48-27-29(2)11-10-12-30(3)36-31(4)15-16-34(39(5,47)19-17-33(43)25-35(44)50-36)49-38(46)41-23-21-40(22-24-41)32-13-8-6-7-9-14-32/h10-12,15-16,28-29,31-34,36,43,47H,6-9,13-14,17-27H2,1-5H3/b11-10+,16-15-,30-12+/t28-,29-,31+,33+,34+,36-,39+/m1/s1. The van der Waals surface area contributed by atoms with E-state index in [9.17, 15) is 24.6 Å². The smallest absolute Gasteiger partial charge is 0.410 e. The van der Waals surface area contributed by atoms with E-state index >= 15 is 0 Å². The molecule has 50 heavy (non-hydrogen) atoms. The number of allylic oxidation sites excluding steroid dienone is 2. The molecule has 1 saturated carbocycles. The minimum atomic E-state index is -1.46. The normalized spacial score (nSPS) is 32.8. The Morgan fingerprint density at radius 3 is 2.36 bits per heavy atom. The first kappa shape index (κ1) is 39.9. The van der Waals surface area contributed by atoms with Crippen LogP contribution >= 0.6 is 0 Å². The monoisotopic (exact) mass is 701 g/mol. The van der Waals surface area contributed by atoms with Crippen molar-refractivity contribution in [2.45, 2.75) is 129 Å². The summed E-state index contributed by atoms with van der Waals surface area (Å²) in [5.74, 6) is -0.385. The fraction of sp³-hybridized carbons (Fsp3) is 0.769. The third-order valence-electron chi connectivity index (χ3n) is 10.9. The molecular weight excluding hydrogens is 638 g/mol. The summed E-state index contributed by atoms with van der Waals surface area (Å²) in [6.45, 7) is 14.0. The Morgan fingerprint density at radius 2 is 1.70 bits per heavy atom. The molecule has 4 rings (SSSR count). The minimum absolute atomic E-state index is 0.0215. The maximum Gasteiger partial charge on any atom is 0.410 e. The Kier molecular flexibility index (Phi) is 15.2. The van der Waals surface area contributed by atoms with Gasteiger partial charge in [-0.15, -0.1) is 0 Å². The summed E-state index contributed by atoms with van der Waals surface area (Å²) in [6, 6.07) is 0.588. The van der Waals surface area contributed by atoms with E-state index in [4.69, 9.17) is 14.2 Å². The molecule has 0 radical (unpaired) electrons. The summed E-state index contributed by atoms with van der Waals surface area (Å²) in [7, 11) is 0. The van der Waals surface area contributed by atoms with Gasteiger partial charge in [0.25, 0.3) is 0 Å². The van der Waals surface area contributed by atoms with Crippen LogP contribution < -0.4 is 0 Å². The molecule has 282 valence electrons. The number of aliphatic hydroxyl groups is 2. The van der Waals surface area contributed by atoms with E-state index in [-0.39, 0.29) is 43.8 Å². The highest BCUT2D eigenvalue weighted by Gasteiger charge is 2.37. The van der Waals surface area contributed by atoms with E-state index in [0.717, 1.165) is 38.2 Å². The molecule has 0 aromatic carbocycles. The van der Waals surface area contributed by atoms with Gasteiger partial charge in [-0.1, -0.05) is 70.8 Å². The first-order valence-electron chi connectivity index (χ1n) is 19.1. The number of likely N-dealkylation sites (tertiary alicyclic amines) is 1. The van der Waals surface area contributed by atoms with Gasteiger partial charge in [-0.3, -0.25) is 9.69 Å². The van der Waals surface area contributed by atoms with Crippen LogP contribution in [-0.2, 0) is 19.0 Å². The Balaban J connectivity index is 1.39. The molecule has 3 fully saturated rings. The van der Waals surface area contributed by atoms with E-state index in [1.54, 1.807) is 22.8 Å². The molecule has 0 unspecified atom stereocenters. The lowest BCUT2D eigenvalue weighted by molar-refractivity contribution is -0.151. The van der Waals surface area contributed by atoms with Crippen molar-refractivity contribution < 1.29 is 38.8 Å². The zero-order chi connectivity index (χ0) is 36.3. The van der Waals surface area contributed by atoms with E-state index in [0.29, 0.717) is 25.0 Å². The third-order valence-corrected chi connectivity index (χ3v) is 10.9. The summed E-state index contributed by atoms with van der Waals surface area (Å²) in [6.07, 6.45) is 14.5. The summed E-state index contributed by atoms with van der Waals surface area (Å²) in [4.78, 5) is 44.7. The van der Waals surface area contributed by atoms with Crippen LogP contribution in [0.3, 0.4) is 0 Å². The Bertz CT molecular complexity index is 1200. The fourth-order valence-electron chi connectivity index (χ4n) is 7.47. The second-order valence-electron chi connectivity index (χ2n) is 15.6. The summed E-state index contributed by atoms with van der Waals surface area (Å²) in [5.41, 5.74) is -0.686. The molecule has 2 N–H and O–H groups in total. The van der Waals surface area contributed by atoms with Crippen molar-refractivity contribution in [1.29, 1.82) is 0 Å². The number of ether oxygens (including phenoxy) is 3. The van der Waals surface area contributed by atoms with E-state index in [1.807, 2.05) is 45.1 Å². The molecule has 4 aliphatic rings. The number of piperazine rings is 1. The van der Waals surface area contributed by atoms with Gasteiger partial charge in [-0.2, -0.15) is 0 Å². The average Bonchev–Trinajstić information content (AvgIpc) is 3.34. The first-order valence-corrected chi connectivity index (χ1v) is 19.1. The number of rotatable bonds is 7. The molecular formula is C39H63N3O8. The van der Waals surface area contributed by atoms with Gasteiger partial charge in [0, 0.05) is 57.1 Å². The van der Waals surface area contributed by atoms with Crippen LogP contribution in [0.15, 0.2) is 36.0 Å². The summed E-state index contributed by atoms with van der Waals surface area (Å²) in [5, 5.41) is 22.2. The van der Waals surface area contributed by atoms with Crippen LogP contribution in [0.25, 0.3) is 0 Å². The van der Waals surface area contributed by atoms with Crippen LogP contribution in [0.2, 0.25) is 0 Å². The number of hydrogen-bond acceptors (Lipinski definition) is 9. The quantitative estimate of drug-likeness (QED) is 0.110. The number of esters is 1. The van der Waals surface area contributed by atoms with Crippen molar-refractivity contribution in [1.82, 2.24) is 14.7 Å². The van der Waals surface area contributed by atoms with Gasteiger partial charge in [0.15, 0.2) is 6.10 Å². The van der Waals surface area contributed by atoms with Crippen molar-refractivity contribution >= 4 is 18.2 Å². The lowest BCUT2D eigenvalue weighted by Gasteiger charge is -2.40. The number of nitrogens with zero attached hydrogens (tertiary/aromatic N) is 3. The Morgan fingerprint density at radius 1 is 1.00 bits per heavy atom. The Hall–Kier alpha value is -2.89. The van der Waals surface area contributed by atoms with Gasteiger partial charge < -0.3 is 34.2 Å². The zero-order valence-corrected chi connectivity index (χ0v) is 31.1. The highest BCUT2D eigenvalue weighted by Crippen LogP contribution is 2.28. The summed E-state index contributed by atoms with van der Waals surface area (Å²) < 4.78 is 17.4. The van der Waals surface area contributed by atoms with Gasteiger partial charge in [-0.05, 0) is 63.5 Å². The zero-order valence-electron chi connectivity index (χ0n) is 31.1. The highest BCUT2D eigenvalue weighted by atomic mass is 16.6. The van der Waals surface area contributed by atoms with Crippen molar-refractivity contribution in [3.05, 3.63) is 36.0 Å². The van der Waals surface area contributed by atoms with Gasteiger partial charge in [0.05, 0.1) is 19.1 Å². The lowest BCUT2D eigenvalue weighted by atomic mass is 9.89. The fourth-order valence-corrected chi connectivity index (χ4v) is 7.47. The number of hydrogen-bond donors (Lipinski definition) is 2. The maximum absolute atomic E-state index is 13.4. The number of aliphatic hydroxyl groups excluding tert-OH is 1. The predicted octanol–water partition coefficient (Wildman–Crippen LogP) is 5.85. The molecule has 0 bridgehead atoms. The van der Waals surface area contributed by atoms with E-state index < -0.39 is 36.0 Å². The molecule has 0 aromatic rings. The molecule has 3 heterocycles. The number of amides is 2. The molecule has 3 aliphatic heterocycles. The first-order chi connectivity index (χ1) is 23.8. The van der Waals surface area contributed by atoms with Gasteiger partial charge >= 0.3 is 18.2 Å². The average molecular weight is 702 g/mol. The topological polar surface area (TPSA) is 129 Å². The molecule has 2 saturated heterocycles. The van der Waals surface area contributed by atoms with Crippen LogP contribution in [0.5, 0.6) is 0 Å².